The third-order valence-corrected chi connectivity index (χ3v) is 6.16. The molecule has 0 radical (unpaired) electrons. The topological polar surface area (TPSA) is 87.8 Å². The van der Waals surface area contributed by atoms with Gasteiger partial charge in [0.25, 0.3) is 0 Å². The molecule has 186 valence electrons. The molecule has 0 spiro atoms. The Morgan fingerprint density at radius 2 is 1.64 bits per heavy atom. The Morgan fingerprint density at radius 1 is 1.03 bits per heavy atom. The molecule has 36 heavy (non-hydrogen) atoms. The first-order valence-corrected chi connectivity index (χ1v) is 11.3. The van der Waals surface area contributed by atoms with Gasteiger partial charge in [0.15, 0.2) is 5.78 Å². The minimum Gasteiger partial charge on any atom is -0.356 e. The number of halogens is 3. The van der Waals surface area contributed by atoms with E-state index in [-0.39, 0.29) is 0 Å². The molecule has 4 rings (SSSR count). The summed E-state index contributed by atoms with van der Waals surface area (Å²) in [6, 6.07) is 15.8. The third kappa shape index (κ3) is 5.01. The van der Waals surface area contributed by atoms with E-state index in [4.69, 9.17) is 10.7 Å². The van der Waals surface area contributed by atoms with Crippen molar-refractivity contribution in [2.24, 2.45) is 10.7 Å². The fraction of sp³-hybridized carbons (Fsp3) is 0.222. The molecule has 1 heterocycles. The predicted molar refractivity (Wildman–Crippen MR) is 131 cm³/mol. The summed E-state index contributed by atoms with van der Waals surface area (Å²) in [6.45, 7) is 1.46. The summed E-state index contributed by atoms with van der Waals surface area (Å²) < 4.78 is 41.1. The lowest BCUT2D eigenvalue weighted by Crippen LogP contribution is -2.55. The number of likely N-dealkylation sites (N-methyl/N-ethyl adjacent to an activating group) is 1. The quantitative estimate of drug-likeness (QED) is 0.550. The molecule has 2 unspecified atom stereocenters. The standard InChI is InChI=1S/C27H25F3N4O2/c1-15(32-23(35)14-19-20(29)12-17(28)13-21(19)30)26(36)25-27(31)34(2)22-11-7-6-10-18(22)24(33-25)16-8-4-3-5-9-16/h3-13,15,25,27H,14,31H2,1-2H3,(H,32,35)/t15?,25?,27-/m0/s1. The number of hydrogen-bond donors (Lipinski definition) is 2. The maximum atomic E-state index is 14.0. The molecule has 3 aromatic carbocycles. The summed E-state index contributed by atoms with van der Waals surface area (Å²) in [5, 5.41) is 2.47. The summed E-state index contributed by atoms with van der Waals surface area (Å²) in [5.74, 6) is -4.71. The van der Waals surface area contributed by atoms with Gasteiger partial charge in [-0.2, -0.15) is 0 Å². The highest BCUT2D eigenvalue weighted by atomic mass is 19.1. The van der Waals surface area contributed by atoms with Crippen LogP contribution in [0.5, 0.6) is 0 Å². The van der Waals surface area contributed by atoms with Crippen LogP contribution >= 0.6 is 0 Å². The second-order valence-corrected chi connectivity index (χ2v) is 8.62. The van der Waals surface area contributed by atoms with Gasteiger partial charge in [0.2, 0.25) is 5.91 Å². The SMILES string of the molecule is CC(NC(=O)Cc1c(F)cc(F)cc1F)C(=O)C1N=C(c2ccccc2)c2ccccc2N(C)[C@@H]1N. The maximum absolute atomic E-state index is 14.0. The van der Waals surface area contributed by atoms with Crippen molar-refractivity contribution in [1.29, 1.82) is 0 Å². The zero-order chi connectivity index (χ0) is 26.0. The van der Waals surface area contributed by atoms with E-state index in [1.54, 1.807) is 11.9 Å². The number of anilines is 1. The summed E-state index contributed by atoms with van der Waals surface area (Å²) in [5.41, 5.74) is 8.86. The summed E-state index contributed by atoms with van der Waals surface area (Å²) in [4.78, 5) is 32.5. The first-order valence-electron chi connectivity index (χ1n) is 11.3. The minimum atomic E-state index is -1.18. The van der Waals surface area contributed by atoms with Gasteiger partial charge in [-0.15, -0.1) is 0 Å². The largest absolute Gasteiger partial charge is 0.356 e. The monoisotopic (exact) mass is 494 g/mol. The van der Waals surface area contributed by atoms with E-state index in [9.17, 15) is 22.8 Å². The number of carbonyl (C=O) groups excluding carboxylic acids is 2. The van der Waals surface area contributed by atoms with E-state index in [1.807, 2.05) is 54.6 Å². The van der Waals surface area contributed by atoms with Crippen molar-refractivity contribution in [2.75, 3.05) is 11.9 Å². The number of benzene rings is 3. The molecule has 1 aliphatic heterocycles. The Morgan fingerprint density at radius 3 is 2.31 bits per heavy atom. The first-order chi connectivity index (χ1) is 17.2. The van der Waals surface area contributed by atoms with Crippen molar-refractivity contribution < 1.29 is 22.8 Å². The number of para-hydroxylation sites is 1. The van der Waals surface area contributed by atoms with Crippen LogP contribution in [0.15, 0.2) is 71.7 Å². The summed E-state index contributed by atoms with van der Waals surface area (Å²) in [6.07, 6.45) is -1.54. The predicted octanol–water partition coefficient (Wildman–Crippen LogP) is 3.36. The lowest BCUT2D eigenvalue weighted by Gasteiger charge is -2.30. The molecule has 3 N–H and O–H groups in total. The Balaban J connectivity index is 1.61. The molecular formula is C27H25F3N4O2. The molecule has 1 amide bonds. The van der Waals surface area contributed by atoms with Gasteiger partial charge in [0.1, 0.15) is 29.7 Å². The highest BCUT2D eigenvalue weighted by Gasteiger charge is 2.36. The van der Waals surface area contributed by atoms with Crippen LogP contribution in [0.25, 0.3) is 0 Å². The van der Waals surface area contributed by atoms with Gasteiger partial charge < -0.3 is 16.0 Å². The number of benzodiazepines with no additional fused rings is 1. The highest BCUT2D eigenvalue weighted by Crippen LogP contribution is 2.29. The van der Waals surface area contributed by atoms with Crippen molar-refractivity contribution in [3.05, 3.63) is 101 Å². The van der Waals surface area contributed by atoms with E-state index >= 15 is 0 Å². The Labute approximate surface area is 206 Å². The first kappa shape index (κ1) is 25.1. The molecule has 0 saturated heterocycles. The van der Waals surface area contributed by atoms with Crippen LogP contribution in [0, 0.1) is 17.5 Å². The molecule has 3 atom stereocenters. The van der Waals surface area contributed by atoms with Gasteiger partial charge in [-0.3, -0.25) is 14.6 Å². The van der Waals surface area contributed by atoms with E-state index < -0.39 is 59.4 Å². The number of aliphatic imine (C=N–C) groups is 1. The van der Waals surface area contributed by atoms with Crippen LogP contribution < -0.4 is 16.0 Å². The van der Waals surface area contributed by atoms with E-state index in [2.05, 4.69) is 5.32 Å². The van der Waals surface area contributed by atoms with Crippen molar-refractivity contribution in [2.45, 2.75) is 31.6 Å². The molecule has 0 bridgehead atoms. The normalized spacial score (nSPS) is 18.1. The number of fused-ring (bicyclic) bond motifs is 1. The Bertz CT molecular complexity index is 1310. The Kier molecular flexibility index (Phi) is 7.21. The maximum Gasteiger partial charge on any atom is 0.225 e. The fourth-order valence-electron chi connectivity index (χ4n) is 4.22. The van der Waals surface area contributed by atoms with E-state index in [0.717, 1.165) is 16.8 Å². The van der Waals surface area contributed by atoms with Crippen LogP contribution in [0.1, 0.15) is 23.6 Å². The van der Waals surface area contributed by atoms with Gasteiger partial charge in [-0.1, -0.05) is 48.5 Å². The average Bonchev–Trinajstić information content (AvgIpc) is 2.96. The van der Waals surface area contributed by atoms with Gasteiger partial charge >= 0.3 is 0 Å². The number of nitrogens with two attached hydrogens (primary N) is 1. The molecule has 6 nitrogen and oxygen atoms in total. The molecule has 0 saturated carbocycles. The van der Waals surface area contributed by atoms with Gasteiger partial charge in [-0.05, 0) is 13.0 Å². The number of hydrogen-bond acceptors (Lipinski definition) is 5. The number of rotatable bonds is 6. The smallest absolute Gasteiger partial charge is 0.225 e. The fourth-order valence-corrected chi connectivity index (χ4v) is 4.22. The van der Waals surface area contributed by atoms with Gasteiger partial charge in [0, 0.05) is 41.6 Å². The lowest BCUT2D eigenvalue weighted by atomic mass is 10.00. The van der Waals surface area contributed by atoms with Crippen LogP contribution in [-0.2, 0) is 16.0 Å². The number of nitrogens with one attached hydrogen (secondary N) is 1. The molecule has 0 aliphatic carbocycles. The van der Waals surface area contributed by atoms with Gasteiger partial charge in [0.05, 0.1) is 18.2 Å². The summed E-state index contributed by atoms with van der Waals surface area (Å²) >= 11 is 0. The van der Waals surface area contributed by atoms with Gasteiger partial charge in [-0.25, -0.2) is 13.2 Å². The minimum absolute atomic E-state index is 0.469. The number of nitrogens with zero attached hydrogens (tertiary/aromatic N) is 2. The molecule has 1 aliphatic rings. The third-order valence-electron chi connectivity index (χ3n) is 6.16. The van der Waals surface area contributed by atoms with Crippen LogP contribution in [0.2, 0.25) is 0 Å². The van der Waals surface area contributed by atoms with Crippen LogP contribution in [-0.4, -0.2) is 42.7 Å². The number of carbonyl (C=O) groups is 2. The Hall–Kier alpha value is -3.98. The van der Waals surface area contributed by atoms with Crippen molar-refractivity contribution in [3.8, 4) is 0 Å². The highest BCUT2D eigenvalue weighted by molar-refractivity contribution is 6.17. The molecule has 0 aromatic heterocycles. The molecular weight excluding hydrogens is 469 g/mol. The lowest BCUT2D eigenvalue weighted by molar-refractivity contribution is -0.128. The van der Waals surface area contributed by atoms with E-state index in [1.165, 1.54) is 6.92 Å². The van der Waals surface area contributed by atoms with Crippen molar-refractivity contribution >= 4 is 23.1 Å². The zero-order valence-electron chi connectivity index (χ0n) is 19.7. The van der Waals surface area contributed by atoms with Crippen molar-refractivity contribution in [3.63, 3.8) is 0 Å². The molecule has 0 fully saturated rings. The zero-order valence-corrected chi connectivity index (χ0v) is 19.7. The summed E-state index contributed by atoms with van der Waals surface area (Å²) in [7, 11) is 1.76. The number of Topliss-reactive ketones (excluding diaryl/α,β-unsaturated/α-hetero) is 1. The average molecular weight is 495 g/mol. The number of amides is 1. The van der Waals surface area contributed by atoms with Crippen LogP contribution in [0.4, 0.5) is 18.9 Å². The molecule has 3 aromatic rings. The second-order valence-electron chi connectivity index (χ2n) is 8.62. The number of ketones is 1. The van der Waals surface area contributed by atoms with Crippen LogP contribution in [0.3, 0.4) is 0 Å². The van der Waals surface area contributed by atoms with Crippen molar-refractivity contribution in [1.82, 2.24) is 5.32 Å². The molecule has 9 heteroatoms. The second kappa shape index (κ2) is 10.3. The van der Waals surface area contributed by atoms with E-state index in [0.29, 0.717) is 17.8 Å².